The summed E-state index contributed by atoms with van der Waals surface area (Å²) in [7, 11) is -3.26. The third-order valence-corrected chi connectivity index (χ3v) is 4.26. The third-order valence-electron chi connectivity index (χ3n) is 2.61. The van der Waals surface area contributed by atoms with Crippen LogP contribution in [0.1, 0.15) is 32.6 Å². The fraction of sp³-hybridized carbons (Fsp3) is 0.900. The van der Waals surface area contributed by atoms with Crippen LogP contribution >= 0.6 is 0 Å². The molecule has 5 heteroatoms. The average Bonchev–Trinajstić information content (AvgIpc) is 2.54. The first-order valence-electron chi connectivity index (χ1n) is 5.39. The Morgan fingerprint density at radius 2 is 1.93 bits per heavy atom. The van der Waals surface area contributed by atoms with E-state index in [1.165, 1.54) is 0 Å². The molecule has 0 N–H and O–H groups in total. The molecule has 0 amide bonds. The molecule has 1 fully saturated rings. The fourth-order valence-corrected chi connectivity index (χ4v) is 3.59. The molecule has 0 aliphatic heterocycles. The second-order valence-corrected chi connectivity index (χ2v) is 6.12. The minimum Gasteiger partial charge on any atom is -0.465 e. The summed E-state index contributed by atoms with van der Waals surface area (Å²) in [5, 5.41) is 0. The molecule has 0 spiro atoms. The number of ether oxygens (including phenoxy) is 1. The lowest BCUT2D eigenvalue weighted by atomic mass is 10.1. The Balaban J connectivity index is 2.40. The molecule has 0 atom stereocenters. The van der Waals surface area contributed by atoms with Gasteiger partial charge in [-0.15, -0.1) is 0 Å². The van der Waals surface area contributed by atoms with Crippen molar-refractivity contribution in [2.24, 2.45) is 5.92 Å². The van der Waals surface area contributed by atoms with Crippen molar-refractivity contribution in [3.05, 3.63) is 0 Å². The second kappa shape index (κ2) is 5.49. The van der Waals surface area contributed by atoms with Gasteiger partial charge >= 0.3 is 5.97 Å². The van der Waals surface area contributed by atoms with E-state index in [1.54, 1.807) is 6.92 Å². The van der Waals surface area contributed by atoms with Crippen molar-refractivity contribution in [1.82, 2.24) is 0 Å². The Morgan fingerprint density at radius 3 is 2.47 bits per heavy atom. The predicted octanol–water partition coefficient (Wildman–Crippen LogP) is 1.15. The van der Waals surface area contributed by atoms with Crippen molar-refractivity contribution in [2.45, 2.75) is 32.6 Å². The highest BCUT2D eigenvalue weighted by atomic mass is 32.2. The molecule has 0 aromatic carbocycles. The number of esters is 1. The molecule has 4 nitrogen and oxygen atoms in total. The molecule has 0 bridgehead atoms. The quantitative estimate of drug-likeness (QED) is 0.670. The van der Waals surface area contributed by atoms with Gasteiger partial charge in [0.05, 0.1) is 12.4 Å². The van der Waals surface area contributed by atoms with E-state index >= 15 is 0 Å². The first kappa shape index (κ1) is 12.5. The summed E-state index contributed by atoms with van der Waals surface area (Å²) >= 11 is 0. The first-order valence-corrected chi connectivity index (χ1v) is 7.21. The Labute approximate surface area is 90.9 Å². The van der Waals surface area contributed by atoms with Crippen LogP contribution < -0.4 is 0 Å². The molecular weight excluding hydrogens is 216 g/mol. The van der Waals surface area contributed by atoms with Crippen LogP contribution in [0.25, 0.3) is 0 Å². The lowest BCUT2D eigenvalue weighted by Crippen LogP contribution is -2.24. The van der Waals surface area contributed by atoms with Gasteiger partial charge in [-0.05, 0) is 25.7 Å². The maximum Gasteiger partial charge on any atom is 0.321 e. The van der Waals surface area contributed by atoms with Crippen molar-refractivity contribution in [2.75, 3.05) is 18.1 Å². The molecule has 0 saturated heterocycles. The van der Waals surface area contributed by atoms with Crippen molar-refractivity contribution in [3.8, 4) is 0 Å². The number of hydrogen-bond donors (Lipinski definition) is 0. The van der Waals surface area contributed by atoms with Crippen LogP contribution in [0, 0.1) is 5.92 Å². The molecule has 1 saturated carbocycles. The third kappa shape index (κ3) is 4.64. The van der Waals surface area contributed by atoms with Gasteiger partial charge in [-0.3, -0.25) is 4.79 Å². The molecule has 1 rings (SSSR count). The summed E-state index contributed by atoms with van der Waals surface area (Å²) in [6.45, 7) is 1.90. The van der Waals surface area contributed by atoms with E-state index in [2.05, 4.69) is 4.74 Å². The number of carbonyl (C=O) groups excluding carboxylic acids is 1. The highest BCUT2D eigenvalue weighted by Gasteiger charge is 2.25. The van der Waals surface area contributed by atoms with Crippen LogP contribution in [0.3, 0.4) is 0 Å². The van der Waals surface area contributed by atoms with Crippen LogP contribution in [-0.4, -0.2) is 32.5 Å². The summed E-state index contributed by atoms with van der Waals surface area (Å²) in [4.78, 5) is 11.0. The fourth-order valence-electron chi connectivity index (χ4n) is 1.98. The highest BCUT2D eigenvalue weighted by molar-refractivity contribution is 7.92. The number of rotatable bonds is 5. The second-order valence-electron chi connectivity index (χ2n) is 4.01. The van der Waals surface area contributed by atoms with E-state index in [0.29, 0.717) is 0 Å². The molecule has 0 radical (unpaired) electrons. The van der Waals surface area contributed by atoms with E-state index < -0.39 is 21.6 Å². The van der Waals surface area contributed by atoms with Crippen LogP contribution in [0.5, 0.6) is 0 Å². The summed E-state index contributed by atoms with van der Waals surface area (Å²) in [6.07, 6.45) is 4.17. The minimum atomic E-state index is -3.26. The van der Waals surface area contributed by atoms with Crippen LogP contribution in [0.2, 0.25) is 0 Å². The molecule has 1 aliphatic rings. The first-order chi connectivity index (χ1) is 7.03. The molecule has 0 unspecified atom stereocenters. The standard InChI is InChI=1S/C10H18O4S/c1-2-14-10(11)8-15(12,13)7-9-5-3-4-6-9/h9H,2-8H2,1H3. The topological polar surface area (TPSA) is 60.4 Å². The van der Waals surface area contributed by atoms with Gasteiger partial charge in [0.15, 0.2) is 9.84 Å². The van der Waals surface area contributed by atoms with Gasteiger partial charge < -0.3 is 4.74 Å². The highest BCUT2D eigenvalue weighted by Crippen LogP contribution is 2.26. The maximum absolute atomic E-state index is 11.6. The van der Waals surface area contributed by atoms with Gasteiger partial charge in [0, 0.05) is 0 Å². The normalized spacial score (nSPS) is 17.9. The monoisotopic (exact) mass is 234 g/mol. The van der Waals surface area contributed by atoms with Crippen molar-refractivity contribution in [3.63, 3.8) is 0 Å². The SMILES string of the molecule is CCOC(=O)CS(=O)(=O)CC1CCCC1. The Hall–Kier alpha value is -0.580. The van der Waals surface area contributed by atoms with E-state index in [-0.39, 0.29) is 18.3 Å². The van der Waals surface area contributed by atoms with Crippen molar-refractivity contribution >= 4 is 15.8 Å². The Bertz CT molecular complexity index is 301. The maximum atomic E-state index is 11.6. The largest absolute Gasteiger partial charge is 0.465 e. The Morgan fingerprint density at radius 1 is 1.33 bits per heavy atom. The Kier molecular flexibility index (Phi) is 4.57. The molecule has 1 aliphatic carbocycles. The van der Waals surface area contributed by atoms with E-state index in [4.69, 9.17) is 0 Å². The lowest BCUT2D eigenvalue weighted by Gasteiger charge is -2.09. The van der Waals surface area contributed by atoms with Crippen LogP contribution in [0.15, 0.2) is 0 Å². The van der Waals surface area contributed by atoms with Gasteiger partial charge in [0.25, 0.3) is 0 Å². The van der Waals surface area contributed by atoms with E-state index in [0.717, 1.165) is 25.7 Å². The molecule has 0 aromatic heterocycles. The molecule has 15 heavy (non-hydrogen) atoms. The zero-order valence-electron chi connectivity index (χ0n) is 9.07. The zero-order valence-corrected chi connectivity index (χ0v) is 9.88. The lowest BCUT2D eigenvalue weighted by molar-refractivity contribution is -0.139. The molecular formula is C10H18O4S. The van der Waals surface area contributed by atoms with Gasteiger partial charge in [-0.2, -0.15) is 0 Å². The van der Waals surface area contributed by atoms with E-state index in [9.17, 15) is 13.2 Å². The molecule has 0 aromatic rings. The van der Waals surface area contributed by atoms with Crippen LogP contribution in [0.4, 0.5) is 0 Å². The summed E-state index contributed by atoms with van der Waals surface area (Å²) in [5.41, 5.74) is 0. The number of sulfone groups is 1. The number of carbonyl (C=O) groups is 1. The minimum absolute atomic E-state index is 0.145. The van der Waals surface area contributed by atoms with E-state index in [1.807, 2.05) is 0 Å². The molecule has 0 heterocycles. The van der Waals surface area contributed by atoms with Crippen molar-refractivity contribution in [1.29, 1.82) is 0 Å². The average molecular weight is 234 g/mol. The zero-order chi connectivity index (χ0) is 11.3. The summed E-state index contributed by atoms with van der Waals surface area (Å²) in [6, 6.07) is 0. The van der Waals surface area contributed by atoms with Gasteiger partial charge in [-0.25, -0.2) is 8.42 Å². The van der Waals surface area contributed by atoms with Gasteiger partial charge in [0.1, 0.15) is 5.75 Å². The predicted molar refractivity (Wildman–Crippen MR) is 57.2 cm³/mol. The summed E-state index contributed by atoms with van der Waals surface area (Å²) < 4.78 is 27.8. The van der Waals surface area contributed by atoms with Gasteiger partial charge in [-0.1, -0.05) is 12.8 Å². The van der Waals surface area contributed by atoms with Crippen molar-refractivity contribution < 1.29 is 17.9 Å². The molecule has 88 valence electrons. The smallest absolute Gasteiger partial charge is 0.321 e. The van der Waals surface area contributed by atoms with Crippen LogP contribution in [-0.2, 0) is 19.4 Å². The van der Waals surface area contributed by atoms with Gasteiger partial charge in [0.2, 0.25) is 0 Å². The summed E-state index contributed by atoms with van der Waals surface area (Å²) in [5.74, 6) is -0.691. The number of hydrogen-bond acceptors (Lipinski definition) is 4.